The van der Waals surface area contributed by atoms with E-state index in [1.165, 1.54) is 19.3 Å². The van der Waals surface area contributed by atoms with Crippen LogP contribution in [0.3, 0.4) is 0 Å². The molecule has 0 aromatic heterocycles. The molecule has 0 amide bonds. The highest BCUT2D eigenvalue weighted by Crippen LogP contribution is 2.61. The number of allylic oxidation sites excluding steroid dienone is 2. The van der Waals surface area contributed by atoms with E-state index in [1.54, 1.807) is 30.3 Å². The highest BCUT2D eigenvalue weighted by atomic mass is 35.5. The molecule has 0 radical (unpaired) electrons. The molecule has 4 rings (SSSR count). The van der Waals surface area contributed by atoms with Gasteiger partial charge in [0.05, 0.1) is 26.4 Å². The minimum absolute atomic E-state index is 0.102. The third kappa shape index (κ3) is 3.31. The fourth-order valence-electron chi connectivity index (χ4n) is 4.43. The van der Waals surface area contributed by atoms with Gasteiger partial charge >= 0.3 is 5.97 Å². The summed E-state index contributed by atoms with van der Waals surface area (Å²) in [6, 6.07) is 8.30. The first-order valence-corrected chi connectivity index (χ1v) is 9.66. The lowest BCUT2D eigenvalue weighted by molar-refractivity contribution is 0.0697. The van der Waals surface area contributed by atoms with E-state index in [2.05, 4.69) is 0 Å². The van der Waals surface area contributed by atoms with Gasteiger partial charge in [-0.25, -0.2) is 4.79 Å². The third-order valence-corrected chi connectivity index (χ3v) is 7.67. The van der Waals surface area contributed by atoms with Crippen LogP contribution in [-0.2, 0) is 0 Å². The first-order chi connectivity index (χ1) is 11.4. The topological polar surface area (TPSA) is 37.3 Å². The van der Waals surface area contributed by atoms with Crippen molar-refractivity contribution < 1.29 is 9.90 Å². The highest BCUT2D eigenvalue weighted by molar-refractivity contribution is 6.46. The van der Waals surface area contributed by atoms with E-state index in [-0.39, 0.29) is 10.8 Å². The molecular weight excluding hydrogens is 390 g/mol. The van der Waals surface area contributed by atoms with Crippen molar-refractivity contribution in [3.63, 3.8) is 0 Å². The number of rotatable bonds is 1. The monoisotopic (exact) mass is 406 g/mol. The molecule has 24 heavy (non-hydrogen) atoms. The number of alkyl halides is 2. The molecule has 2 bridgehead atoms. The van der Waals surface area contributed by atoms with Crippen molar-refractivity contribution in [2.45, 2.75) is 30.0 Å². The number of carboxylic acids is 1. The van der Waals surface area contributed by atoms with Crippen LogP contribution in [0.2, 0.25) is 0 Å². The maximum absolute atomic E-state index is 10.2. The Hall–Kier alpha value is -0.410. The Labute approximate surface area is 161 Å². The van der Waals surface area contributed by atoms with Crippen LogP contribution < -0.4 is 0 Å². The number of fused-ring (bicyclic) bond motifs is 5. The summed E-state index contributed by atoms with van der Waals surface area (Å²) in [4.78, 5) is 10.2. The van der Waals surface area contributed by atoms with Crippen LogP contribution in [-0.4, -0.2) is 21.8 Å². The molecule has 0 saturated heterocycles. The summed E-state index contributed by atoms with van der Waals surface area (Å²) < 4.78 is 0. The molecule has 0 heterocycles. The van der Waals surface area contributed by atoms with Crippen LogP contribution in [0.15, 0.2) is 40.4 Å². The predicted octanol–water partition coefficient (Wildman–Crippen LogP) is 5.95. The minimum atomic E-state index is -0.879. The van der Waals surface area contributed by atoms with Crippen molar-refractivity contribution in [1.82, 2.24) is 0 Å². The van der Waals surface area contributed by atoms with Crippen LogP contribution in [0.5, 0.6) is 0 Å². The van der Waals surface area contributed by atoms with Crippen molar-refractivity contribution in [2.75, 3.05) is 0 Å². The molecule has 1 aromatic carbocycles. The Bertz CT molecular complexity index is 616. The maximum Gasteiger partial charge on any atom is 0.335 e. The average molecular weight is 408 g/mol. The lowest BCUT2D eigenvalue weighted by atomic mass is 9.73. The molecule has 3 aliphatic carbocycles. The minimum Gasteiger partial charge on any atom is -0.478 e. The standard InChI is InChI=1S/C11H12Cl4.C7H6O2/c12-8-6-4-1-2-5(3-4)7(6)9(13)11(15)10(8)14;8-7(9)6-4-2-1-3-5-6/h4-9H,1-3H2;1-5H,(H,8,9). The Morgan fingerprint density at radius 1 is 0.917 bits per heavy atom. The molecule has 6 heteroatoms. The normalized spacial score (nSPS) is 36.8. The van der Waals surface area contributed by atoms with Gasteiger partial charge in [-0.3, -0.25) is 0 Å². The van der Waals surface area contributed by atoms with Gasteiger partial charge in [-0.05, 0) is 55.1 Å². The molecule has 6 unspecified atom stereocenters. The van der Waals surface area contributed by atoms with Crippen LogP contribution in [0.25, 0.3) is 0 Å². The number of carboxylic acid groups (broad SMARTS) is 1. The van der Waals surface area contributed by atoms with Gasteiger partial charge in [0.1, 0.15) is 0 Å². The van der Waals surface area contributed by atoms with Crippen molar-refractivity contribution >= 4 is 52.4 Å². The van der Waals surface area contributed by atoms with E-state index in [0.29, 0.717) is 27.5 Å². The van der Waals surface area contributed by atoms with Gasteiger partial charge in [-0.1, -0.05) is 41.4 Å². The number of hydrogen-bond acceptors (Lipinski definition) is 1. The number of aromatic carboxylic acids is 1. The fraction of sp³-hybridized carbons (Fsp3) is 0.500. The molecule has 0 aliphatic heterocycles. The van der Waals surface area contributed by atoms with Crippen LogP contribution >= 0.6 is 46.4 Å². The molecule has 1 N–H and O–H groups in total. The third-order valence-electron chi connectivity index (χ3n) is 5.46. The van der Waals surface area contributed by atoms with E-state index in [9.17, 15) is 4.79 Å². The zero-order valence-electron chi connectivity index (χ0n) is 12.8. The SMILES string of the molecule is ClC1=C(Cl)C(Cl)C2C3CCC(C3)C2C1Cl.O=C(O)c1ccccc1. The smallest absolute Gasteiger partial charge is 0.335 e. The quantitative estimate of drug-likeness (QED) is 0.583. The zero-order chi connectivity index (χ0) is 17.4. The Morgan fingerprint density at radius 3 is 1.75 bits per heavy atom. The van der Waals surface area contributed by atoms with Gasteiger partial charge in [0.25, 0.3) is 0 Å². The molecule has 130 valence electrons. The number of hydrogen-bond donors (Lipinski definition) is 1. The van der Waals surface area contributed by atoms with Crippen LogP contribution in [0.4, 0.5) is 0 Å². The molecular formula is C18H18Cl4O2. The molecule has 3 aliphatic rings. The first kappa shape index (κ1) is 18.4. The molecule has 1 aromatic rings. The summed E-state index contributed by atoms with van der Waals surface area (Å²) >= 11 is 25.1. The Balaban J connectivity index is 0.000000162. The predicted molar refractivity (Wildman–Crippen MR) is 99.2 cm³/mol. The molecule has 2 fully saturated rings. The Morgan fingerprint density at radius 2 is 1.38 bits per heavy atom. The lowest BCUT2D eigenvalue weighted by Gasteiger charge is -2.40. The van der Waals surface area contributed by atoms with E-state index in [4.69, 9.17) is 51.5 Å². The highest BCUT2D eigenvalue weighted by Gasteiger charge is 2.56. The molecule has 2 saturated carbocycles. The average Bonchev–Trinajstić information content (AvgIpc) is 3.21. The van der Waals surface area contributed by atoms with Crippen molar-refractivity contribution in [3.05, 3.63) is 46.0 Å². The Kier molecular flexibility index (Phi) is 5.71. The van der Waals surface area contributed by atoms with Gasteiger partial charge in [0, 0.05) is 0 Å². The van der Waals surface area contributed by atoms with Crippen LogP contribution in [0.1, 0.15) is 29.6 Å². The van der Waals surface area contributed by atoms with Gasteiger partial charge in [-0.2, -0.15) is 0 Å². The van der Waals surface area contributed by atoms with E-state index in [0.717, 1.165) is 11.8 Å². The number of carbonyl (C=O) groups is 1. The van der Waals surface area contributed by atoms with Gasteiger partial charge in [-0.15, -0.1) is 23.2 Å². The second-order valence-electron chi connectivity index (χ2n) is 6.66. The lowest BCUT2D eigenvalue weighted by Crippen LogP contribution is -2.40. The summed E-state index contributed by atoms with van der Waals surface area (Å²) in [6.07, 6.45) is 3.86. The van der Waals surface area contributed by atoms with Crippen molar-refractivity contribution in [1.29, 1.82) is 0 Å². The van der Waals surface area contributed by atoms with E-state index >= 15 is 0 Å². The van der Waals surface area contributed by atoms with Gasteiger partial charge < -0.3 is 5.11 Å². The number of benzene rings is 1. The molecule has 6 atom stereocenters. The number of halogens is 4. The second kappa shape index (κ2) is 7.45. The summed E-state index contributed by atoms with van der Waals surface area (Å²) in [6.45, 7) is 0. The zero-order valence-corrected chi connectivity index (χ0v) is 15.9. The van der Waals surface area contributed by atoms with Crippen LogP contribution in [0, 0.1) is 23.7 Å². The molecule has 2 nitrogen and oxygen atoms in total. The van der Waals surface area contributed by atoms with Gasteiger partial charge in [0.15, 0.2) is 0 Å². The van der Waals surface area contributed by atoms with E-state index < -0.39 is 5.97 Å². The van der Waals surface area contributed by atoms with E-state index in [1.807, 2.05) is 0 Å². The summed E-state index contributed by atoms with van der Waals surface area (Å²) in [5, 5.41) is 9.36. The summed E-state index contributed by atoms with van der Waals surface area (Å²) in [5.74, 6) is 1.49. The first-order valence-electron chi connectivity index (χ1n) is 8.03. The van der Waals surface area contributed by atoms with Gasteiger partial charge in [0.2, 0.25) is 0 Å². The largest absolute Gasteiger partial charge is 0.478 e. The maximum atomic E-state index is 10.2. The summed E-state index contributed by atoms with van der Waals surface area (Å²) in [5.41, 5.74) is 0.331. The fourth-order valence-corrected chi connectivity index (χ4v) is 6.05. The summed E-state index contributed by atoms with van der Waals surface area (Å²) in [7, 11) is 0. The molecule has 0 spiro atoms. The van der Waals surface area contributed by atoms with Crippen molar-refractivity contribution in [3.8, 4) is 0 Å². The second-order valence-corrected chi connectivity index (χ2v) is 8.41. The van der Waals surface area contributed by atoms with Crippen molar-refractivity contribution in [2.24, 2.45) is 23.7 Å².